The second-order valence-electron chi connectivity index (χ2n) is 3.95. The number of hydrogen-bond acceptors (Lipinski definition) is 3. The van der Waals surface area contributed by atoms with Gasteiger partial charge in [0.15, 0.2) is 0 Å². The number of para-hydroxylation sites is 1. The van der Waals surface area contributed by atoms with Gasteiger partial charge in [0.25, 0.3) is 5.91 Å². The average Bonchev–Trinajstić information content (AvgIpc) is 2.50. The van der Waals surface area contributed by atoms with E-state index < -0.39 is 11.9 Å². The van der Waals surface area contributed by atoms with Gasteiger partial charge in [-0.15, -0.1) is 0 Å². The van der Waals surface area contributed by atoms with Crippen LogP contribution >= 0.6 is 0 Å². The van der Waals surface area contributed by atoms with E-state index in [1.54, 1.807) is 12.3 Å². The molecule has 0 spiro atoms. The fourth-order valence-corrected chi connectivity index (χ4v) is 1.65. The highest BCUT2D eigenvalue weighted by molar-refractivity contribution is 5.96. The van der Waals surface area contributed by atoms with Crippen LogP contribution < -0.4 is 16.2 Å². The van der Waals surface area contributed by atoms with Gasteiger partial charge in [0.2, 0.25) is 0 Å². The van der Waals surface area contributed by atoms with Gasteiger partial charge in [-0.25, -0.2) is 10.2 Å². The highest BCUT2D eigenvalue weighted by atomic mass is 16.2. The summed E-state index contributed by atoms with van der Waals surface area (Å²) in [6, 6.07) is 9.03. The van der Waals surface area contributed by atoms with E-state index in [4.69, 9.17) is 0 Å². The molecule has 0 aliphatic carbocycles. The van der Waals surface area contributed by atoms with Crippen molar-refractivity contribution in [2.45, 2.75) is 0 Å². The van der Waals surface area contributed by atoms with Crippen molar-refractivity contribution >= 4 is 28.9 Å². The molecule has 0 atom stereocenters. The zero-order valence-electron chi connectivity index (χ0n) is 10.9. The third kappa shape index (κ3) is 3.32. The summed E-state index contributed by atoms with van der Waals surface area (Å²) >= 11 is 0. The zero-order valence-corrected chi connectivity index (χ0v) is 10.9. The van der Waals surface area contributed by atoms with Crippen molar-refractivity contribution in [3.63, 3.8) is 0 Å². The smallest absolute Gasteiger partial charge is 0.333 e. The predicted molar refractivity (Wildman–Crippen MR) is 76.5 cm³/mol. The van der Waals surface area contributed by atoms with Crippen molar-refractivity contribution in [3.8, 4) is 0 Å². The van der Waals surface area contributed by atoms with Crippen molar-refractivity contribution in [2.24, 2.45) is 0 Å². The maximum Gasteiger partial charge on any atom is 0.333 e. The van der Waals surface area contributed by atoms with Crippen LogP contribution in [0.25, 0.3) is 17.0 Å². The molecule has 0 unspecified atom stereocenters. The summed E-state index contributed by atoms with van der Waals surface area (Å²) in [4.78, 5) is 26.7. The SMILES string of the molecule is CNC(=O)NNC(=O)/C=C/c1cccc2cccnc12. The predicted octanol–water partition coefficient (Wildman–Crippen LogP) is 1.21. The quantitative estimate of drug-likeness (QED) is 0.566. The fourth-order valence-electron chi connectivity index (χ4n) is 1.65. The lowest BCUT2D eigenvalue weighted by molar-refractivity contribution is -0.117. The number of carbonyl (C=O) groups is 2. The van der Waals surface area contributed by atoms with Crippen LogP contribution in [-0.4, -0.2) is 24.0 Å². The van der Waals surface area contributed by atoms with Crippen molar-refractivity contribution in [3.05, 3.63) is 48.2 Å². The number of hydrazine groups is 1. The molecular formula is C14H14N4O2. The largest absolute Gasteiger partial charge is 0.340 e. The summed E-state index contributed by atoms with van der Waals surface area (Å²) in [6.07, 6.45) is 4.68. The van der Waals surface area contributed by atoms with Crippen LogP contribution in [0.1, 0.15) is 5.56 Å². The van der Waals surface area contributed by atoms with E-state index in [0.717, 1.165) is 16.5 Å². The molecule has 0 saturated heterocycles. The Balaban J connectivity index is 2.10. The van der Waals surface area contributed by atoms with Crippen molar-refractivity contribution in [1.29, 1.82) is 0 Å². The molecule has 6 heteroatoms. The number of nitrogens with zero attached hydrogens (tertiary/aromatic N) is 1. The summed E-state index contributed by atoms with van der Waals surface area (Å²) in [5.74, 6) is -0.429. The van der Waals surface area contributed by atoms with E-state index in [1.807, 2.05) is 30.3 Å². The van der Waals surface area contributed by atoms with E-state index in [2.05, 4.69) is 21.2 Å². The number of amides is 3. The second-order valence-corrected chi connectivity index (χ2v) is 3.95. The van der Waals surface area contributed by atoms with Gasteiger partial charge in [-0.2, -0.15) is 0 Å². The lowest BCUT2D eigenvalue weighted by atomic mass is 10.1. The minimum absolute atomic E-state index is 0.429. The molecule has 102 valence electrons. The number of benzene rings is 1. The molecular weight excluding hydrogens is 256 g/mol. The minimum atomic E-state index is -0.487. The van der Waals surface area contributed by atoms with Gasteiger partial charge in [-0.3, -0.25) is 15.2 Å². The van der Waals surface area contributed by atoms with E-state index in [0.29, 0.717) is 0 Å². The van der Waals surface area contributed by atoms with E-state index in [9.17, 15) is 9.59 Å². The fraction of sp³-hybridized carbons (Fsp3) is 0.0714. The number of hydrogen-bond donors (Lipinski definition) is 3. The lowest BCUT2D eigenvalue weighted by Gasteiger charge is -2.03. The number of fused-ring (bicyclic) bond motifs is 1. The molecule has 1 aromatic heterocycles. The van der Waals surface area contributed by atoms with Gasteiger partial charge in [0.05, 0.1) is 5.52 Å². The highest BCUT2D eigenvalue weighted by Gasteiger charge is 2.00. The molecule has 1 heterocycles. The van der Waals surface area contributed by atoms with Crippen LogP contribution in [0, 0.1) is 0 Å². The first kappa shape index (κ1) is 13.5. The number of carbonyl (C=O) groups excluding carboxylic acids is 2. The van der Waals surface area contributed by atoms with Gasteiger partial charge >= 0.3 is 6.03 Å². The first-order valence-corrected chi connectivity index (χ1v) is 6.00. The first-order chi connectivity index (χ1) is 9.70. The van der Waals surface area contributed by atoms with Crippen LogP contribution in [0.2, 0.25) is 0 Å². The van der Waals surface area contributed by atoms with E-state index >= 15 is 0 Å². The Morgan fingerprint density at radius 3 is 2.75 bits per heavy atom. The molecule has 3 amide bonds. The topological polar surface area (TPSA) is 83.1 Å². The Hall–Kier alpha value is -2.89. The molecule has 0 saturated carbocycles. The highest BCUT2D eigenvalue weighted by Crippen LogP contribution is 2.16. The monoisotopic (exact) mass is 270 g/mol. The lowest BCUT2D eigenvalue weighted by Crippen LogP contribution is -2.45. The van der Waals surface area contributed by atoms with Gasteiger partial charge in [0, 0.05) is 30.3 Å². The van der Waals surface area contributed by atoms with Crippen LogP contribution in [0.4, 0.5) is 4.79 Å². The Kier molecular flexibility index (Phi) is 4.28. The number of aromatic nitrogens is 1. The molecule has 2 rings (SSSR count). The molecule has 20 heavy (non-hydrogen) atoms. The van der Waals surface area contributed by atoms with Crippen LogP contribution in [0.3, 0.4) is 0 Å². The molecule has 0 bridgehead atoms. The van der Waals surface area contributed by atoms with Crippen LogP contribution in [0.5, 0.6) is 0 Å². The molecule has 3 N–H and O–H groups in total. The standard InChI is InChI=1S/C14H14N4O2/c1-15-14(20)18-17-12(19)8-7-11-5-2-4-10-6-3-9-16-13(10)11/h2-9H,1H3,(H,17,19)(H2,15,18,20)/b8-7+. The van der Waals surface area contributed by atoms with Crippen molar-refractivity contribution < 1.29 is 9.59 Å². The van der Waals surface area contributed by atoms with Crippen LogP contribution in [-0.2, 0) is 4.79 Å². The Morgan fingerprint density at radius 2 is 1.95 bits per heavy atom. The van der Waals surface area contributed by atoms with Crippen LogP contribution in [0.15, 0.2) is 42.6 Å². The minimum Gasteiger partial charge on any atom is -0.340 e. The molecule has 6 nitrogen and oxygen atoms in total. The third-order valence-electron chi connectivity index (χ3n) is 2.60. The first-order valence-electron chi connectivity index (χ1n) is 6.00. The maximum atomic E-state index is 11.5. The number of rotatable bonds is 2. The number of urea groups is 1. The average molecular weight is 270 g/mol. The molecule has 0 aliphatic heterocycles. The maximum absolute atomic E-state index is 11.5. The number of pyridine rings is 1. The summed E-state index contributed by atoms with van der Waals surface area (Å²) in [5, 5.41) is 3.32. The summed E-state index contributed by atoms with van der Waals surface area (Å²) < 4.78 is 0. The summed E-state index contributed by atoms with van der Waals surface area (Å²) in [6.45, 7) is 0. The molecule has 0 fully saturated rings. The van der Waals surface area contributed by atoms with Crippen molar-refractivity contribution in [2.75, 3.05) is 7.05 Å². The Labute approximate surface area is 115 Å². The zero-order chi connectivity index (χ0) is 14.4. The number of nitrogens with one attached hydrogen (secondary N) is 3. The third-order valence-corrected chi connectivity index (χ3v) is 2.60. The van der Waals surface area contributed by atoms with Gasteiger partial charge < -0.3 is 5.32 Å². The Morgan fingerprint density at radius 1 is 1.15 bits per heavy atom. The normalized spacial score (nSPS) is 10.4. The van der Waals surface area contributed by atoms with Crippen molar-refractivity contribution in [1.82, 2.24) is 21.2 Å². The van der Waals surface area contributed by atoms with E-state index in [1.165, 1.54) is 13.1 Å². The molecule has 0 aliphatic rings. The summed E-state index contributed by atoms with van der Waals surface area (Å²) in [5.41, 5.74) is 6.08. The molecule has 0 radical (unpaired) electrons. The van der Waals surface area contributed by atoms with Gasteiger partial charge in [-0.05, 0) is 12.1 Å². The van der Waals surface area contributed by atoms with Gasteiger partial charge in [-0.1, -0.05) is 24.3 Å². The molecule has 1 aromatic carbocycles. The van der Waals surface area contributed by atoms with E-state index in [-0.39, 0.29) is 0 Å². The second kappa shape index (κ2) is 6.33. The summed E-state index contributed by atoms with van der Waals surface area (Å²) in [7, 11) is 1.46. The molecule has 2 aromatic rings. The Bertz CT molecular complexity index is 662. The van der Waals surface area contributed by atoms with Gasteiger partial charge in [0.1, 0.15) is 0 Å².